The van der Waals surface area contributed by atoms with Crippen LogP contribution in [0.25, 0.3) is 10.4 Å². The number of guanidine groups is 1. The minimum atomic E-state index is -3.81. The van der Waals surface area contributed by atoms with E-state index in [-0.39, 0.29) is 5.96 Å². The van der Waals surface area contributed by atoms with E-state index in [1.807, 2.05) is 19.1 Å². The molecule has 2 aromatic rings. The average Bonchev–Trinajstić information content (AvgIpc) is 3.03. The lowest BCUT2D eigenvalue weighted by atomic mass is 9.90. The maximum Gasteiger partial charge on any atom is 0.267 e. The van der Waals surface area contributed by atoms with Gasteiger partial charge in [-0.3, -0.25) is 4.98 Å². The number of hydrogen-bond donors (Lipinski definition) is 1. The molecule has 2 aromatic heterocycles. The first-order valence-corrected chi connectivity index (χ1v) is 11.1. The van der Waals surface area contributed by atoms with Gasteiger partial charge in [0.2, 0.25) is 11.4 Å². The van der Waals surface area contributed by atoms with Crippen LogP contribution in [0.5, 0.6) is 0 Å². The molecule has 2 aliphatic rings. The Morgan fingerprint density at radius 1 is 1.41 bits per heavy atom. The molecule has 4 heterocycles. The van der Waals surface area contributed by atoms with E-state index < -0.39 is 21.0 Å². The van der Waals surface area contributed by atoms with E-state index in [0.717, 1.165) is 20.3 Å². The van der Waals surface area contributed by atoms with Gasteiger partial charge < -0.3 is 10.5 Å². The summed E-state index contributed by atoms with van der Waals surface area (Å²) in [5.41, 5.74) is 5.64. The van der Waals surface area contributed by atoms with Crippen LogP contribution >= 0.6 is 22.9 Å². The fourth-order valence-electron chi connectivity index (χ4n) is 3.54. The van der Waals surface area contributed by atoms with Gasteiger partial charge in [0.15, 0.2) is 0 Å². The summed E-state index contributed by atoms with van der Waals surface area (Å²) in [4.78, 5) is 10.4. The van der Waals surface area contributed by atoms with Crippen molar-refractivity contribution in [2.75, 3.05) is 13.7 Å². The van der Waals surface area contributed by atoms with Crippen LogP contribution in [0.15, 0.2) is 29.5 Å². The summed E-state index contributed by atoms with van der Waals surface area (Å²) in [5.74, 6) is -0.0556. The van der Waals surface area contributed by atoms with Crippen molar-refractivity contribution < 1.29 is 13.2 Å². The monoisotopic (exact) mass is 426 g/mol. The van der Waals surface area contributed by atoms with Crippen molar-refractivity contribution >= 4 is 38.9 Å². The van der Waals surface area contributed by atoms with Crippen LogP contribution in [0.2, 0.25) is 5.02 Å². The number of fused-ring (bicyclic) bond motifs is 1. The predicted octanol–water partition coefficient (Wildman–Crippen LogP) is 2.69. The third-order valence-electron chi connectivity index (χ3n) is 4.89. The molecule has 4 rings (SSSR count). The lowest BCUT2D eigenvalue weighted by Crippen LogP contribution is -2.59. The molecule has 10 heteroatoms. The minimum Gasteiger partial charge on any atom is -0.369 e. The maximum atomic E-state index is 13.0. The van der Waals surface area contributed by atoms with Crippen molar-refractivity contribution in [3.05, 3.63) is 40.0 Å². The number of aliphatic imine (C=N–C) groups is 1. The fraction of sp³-hybridized carbons (Fsp3) is 0.412. The Morgan fingerprint density at radius 2 is 2.19 bits per heavy atom. The largest absolute Gasteiger partial charge is 0.369 e. The SMILES string of the molecule is Cc1cncc(-c2cc(Cl)c([C@]34CCCOC3S(=O)(=O)N(C)C(N)=N4)s2)c1. The Bertz CT molecular complexity index is 1040. The second kappa shape index (κ2) is 6.44. The topological polar surface area (TPSA) is 97.9 Å². The number of rotatable bonds is 2. The molecule has 2 aliphatic heterocycles. The Morgan fingerprint density at radius 3 is 2.93 bits per heavy atom. The molecular weight excluding hydrogens is 408 g/mol. The molecule has 0 spiro atoms. The van der Waals surface area contributed by atoms with Crippen molar-refractivity contribution in [1.29, 1.82) is 0 Å². The molecule has 144 valence electrons. The molecule has 0 radical (unpaired) electrons. The van der Waals surface area contributed by atoms with Gasteiger partial charge in [0, 0.05) is 36.5 Å². The summed E-state index contributed by atoms with van der Waals surface area (Å²) in [5, 5.41) is 0.461. The molecule has 2 N–H and O–H groups in total. The Hall–Kier alpha value is -1.68. The lowest BCUT2D eigenvalue weighted by Gasteiger charge is -2.44. The van der Waals surface area contributed by atoms with Crippen LogP contribution in [0.3, 0.4) is 0 Å². The molecule has 0 aromatic carbocycles. The zero-order valence-electron chi connectivity index (χ0n) is 14.8. The summed E-state index contributed by atoms with van der Waals surface area (Å²) < 4.78 is 32.6. The highest BCUT2D eigenvalue weighted by molar-refractivity contribution is 7.90. The number of pyridine rings is 1. The third-order valence-corrected chi connectivity index (χ3v) is 8.67. The van der Waals surface area contributed by atoms with Crippen molar-refractivity contribution in [1.82, 2.24) is 9.29 Å². The molecule has 1 saturated heterocycles. The van der Waals surface area contributed by atoms with E-state index in [1.165, 1.54) is 18.4 Å². The molecule has 0 saturated carbocycles. The summed E-state index contributed by atoms with van der Waals surface area (Å²) in [6, 6.07) is 3.84. The molecule has 27 heavy (non-hydrogen) atoms. The van der Waals surface area contributed by atoms with E-state index in [0.29, 0.717) is 29.3 Å². The predicted molar refractivity (Wildman–Crippen MR) is 106 cm³/mol. The van der Waals surface area contributed by atoms with Crippen molar-refractivity contribution in [2.24, 2.45) is 10.7 Å². The summed E-state index contributed by atoms with van der Waals surface area (Å²) >= 11 is 7.99. The number of thiophene rings is 1. The highest BCUT2D eigenvalue weighted by Crippen LogP contribution is 2.51. The Labute approximate surface area is 166 Å². The first-order valence-electron chi connectivity index (χ1n) is 8.42. The lowest BCUT2D eigenvalue weighted by molar-refractivity contribution is 0.00334. The van der Waals surface area contributed by atoms with Gasteiger partial charge in [-0.05, 0) is 37.5 Å². The highest BCUT2D eigenvalue weighted by atomic mass is 35.5. The zero-order chi connectivity index (χ0) is 19.4. The number of hydrogen-bond acceptors (Lipinski definition) is 7. The molecular formula is C17H19ClN4O3S2. The average molecular weight is 427 g/mol. The molecule has 1 fully saturated rings. The summed E-state index contributed by atoms with van der Waals surface area (Å²) in [6.45, 7) is 2.32. The summed E-state index contributed by atoms with van der Waals surface area (Å²) in [6.07, 6.45) is 4.70. The van der Waals surface area contributed by atoms with Gasteiger partial charge in [-0.2, -0.15) is 0 Å². The first kappa shape index (κ1) is 18.7. The van der Waals surface area contributed by atoms with Gasteiger partial charge in [0.05, 0.1) is 9.90 Å². The fourth-order valence-corrected chi connectivity index (χ4v) is 6.92. The quantitative estimate of drug-likeness (QED) is 0.796. The summed E-state index contributed by atoms with van der Waals surface area (Å²) in [7, 11) is -2.42. The Kier molecular flexibility index (Phi) is 4.45. The van der Waals surface area contributed by atoms with Gasteiger partial charge in [0.25, 0.3) is 10.0 Å². The normalized spacial score (nSPS) is 27.1. The molecule has 0 bridgehead atoms. The minimum absolute atomic E-state index is 0.0556. The van der Waals surface area contributed by atoms with Crippen LogP contribution < -0.4 is 5.73 Å². The standard InChI is InChI=1S/C17H19ClN4O3S2/c1-10-6-11(9-20-8-10)13-7-12(18)14(26-13)17-4-3-5-25-15(17)27(23,24)22(2)16(19)21-17/h6-9,15H,3-5H2,1-2H3,(H2,19,21)/t15?,17-/m1/s1. The number of sulfonamides is 1. The van der Waals surface area contributed by atoms with E-state index in [9.17, 15) is 8.42 Å². The number of nitrogens with two attached hydrogens (primary N) is 1. The van der Waals surface area contributed by atoms with Gasteiger partial charge in [-0.25, -0.2) is 17.7 Å². The maximum absolute atomic E-state index is 13.0. The Balaban J connectivity index is 1.91. The van der Waals surface area contributed by atoms with Crippen LogP contribution in [0, 0.1) is 6.92 Å². The van der Waals surface area contributed by atoms with Gasteiger partial charge >= 0.3 is 0 Å². The second-order valence-corrected chi connectivity index (χ2v) is 10.2. The van der Waals surface area contributed by atoms with Crippen LogP contribution in [0.4, 0.5) is 0 Å². The van der Waals surface area contributed by atoms with Crippen molar-refractivity contribution in [3.8, 4) is 10.4 Å². The van der Waals surface area contributed by atoms with Crippen LogP contribution in [-0.2, 0) is 20.3 Å². The number of nitrogens with zero attached hydrogens (tertiary/aromatic N) is 3. The number of aryl methyl sites for hydroxylation is 1. The molecule has 0 aliphatic carbocycles. The number of halogens is 1. The zero-order valence-corrected chi connectivity index (χ0v) is 17.2. The molecule has 2 atom stereocenters. The van der Waals surface area contributed by atoms with Gasteiger partial charge in [-0.15, -0.1) is 11.3 Å². The molecule has 1 unspecified atom stereocenters. The molecule has 0 amide bonds. The first-order chi connectivity index (χ1) is 12.8. The van der Waals surface area contributed by atoms with Crippen molar-refractivity contribution in [2.45, 2.75) is 30.7 Å². The highest BCUT2D eigenvalue weighted by Gasteiger charge is 2.57. The smallest absolute Gasteiger partial charge is 0.267 e. The van der Waals surface area contributed by atoms with Crippen LogP contribution in [0.1, 0.15) is 23.3 Å². The van der Waals surface area contributed by atoms with E-state index in [2.05, 4.69) is 9.98 Å². The van der Waals surface area contributed by atoms with E-state index in [4.69, 9.17) is 22.1 Å². The second-order valence-electron chi connectivity index (χ2n) is 6.75. The molecule has 7 nitrogen and oxygen atoms in total. The third kappa shape index (κ3) is 2.84. The number of ether oxygens (including phenoxy) is 1. The van der Waals surface area contributed by atoms with E-state index in [1.54, 1.807) is 12.4 Å². The van der Waals surface area contributed by atoms with Gasteiger partial charge in [-0.1, -0.05) is 11.6 Å². The van der Waals surface area contributed by atoms with Crippen molar-refractivity contribution in [3.63, 3.8) is 0 Å². The van der Waals surface area contributed by atoms with Gasteiger partial charge in [0.1, 0.15) is 5.54 Å². The van der Waals surface area contributed by atoms with Crippen LogP contribution in [-0.4, -0.2) is 42.8 Å². The number of aromatic nitrogens is 1. The van der Waals surface area contributed by atoms with E-state index >= 15 is 0 Å².